The van der Waals surface area contributed by atoms with Crippen LogP contribution in [0.2, 0.25) is 0 Å². The number of anilines is 1. The fraction of sp³-hybridized carbons (Fsp3) is 0.450. The summed E-state index contributed by atoms with van der Waals surface area (Å²) in [5, 5.41) is 14.7. The molecule has 0 radical (unpaired) electrons. The zero-order valence-corrected chi connectivity index (χ0v) is 15.9. The van der Waals surface area contributed by atoms with E-state index < -0.39 is 11.9 Å². The molecular weight excluding hydrogens is 346 g/mol. The van der Waals surface area contributed by atoms with Crippen LogP contribution in [0.1, 0.15) is 43.5 Å². The molecule has 1 rings (SSSR count). The van der Waals surface area contributed by atoms with Gasteiger partial charge in [0.15, 0.2) is 0 Å². The Balaban J connectivity index is 2.44. The molecule has 0 aromatic heterocycles. The Morgan fingerprint density at radius 1 is 1.15 bits per heavy atom. The molecule has 2 N–H and O–H groups in total. The van der Waals surface area contributed by atoms with Crippen molar-refractivity contribution < 1.29 is 19.1 Å². The third kappa shape index (κ3) is 8.88. The first-order valence-electron chi connectivity index (χ1n) is 9.12. The third-order valence-electron chi connectivity index (χ3n) is 3.52. The van der Waals surface area contributed by atoms with Crippen LogP contribution >= 0.6 is 0 Å². The first-order chi connectivity index (χ1) is 13.1. The average molecular weight is 373 g/mol. The fourth-order valence-corrected chi connectivity index (χ4v) is 2.05. The molecule has 27 heavy (non-hydrogen) atoms. The van der Waals surface area contributed by atoms with E-state index in [1.807, 2.05) is 6.07 Å². The molecule has 1 aromatic rings. The van der Waals surface area contributed by atoms with Crippen LogP contribution in [0.15, 0.2) is 36.0 Å². The monoisotopic (exact) mass is 373 g/mol. The maximum atomic E-state index is 12.1. The Morgan fingerprint density at radius 3 is 2.48 bits per heavy atom. The normalized spacial score (nSPS) is 10.8. The lowest BCUT2D eigenvalue weighted by atomic mass is 10.2. The summed E-state index contributed by atoms with van der Waals surface area (Å²) in [5.41, 5.74) is 0.851. The zero-order chi connectivity index (χ0) is 19.9. The van der Waals surface area contributed by atoms with E-state index in [4.69, 9.17) is 14.7 Å². The van der Waals surface area contributed by atoms with Crippen LogP contribution in [-0.4, -0.2) is 38.2 Å². The van der Waals surface area contributed by atoms with Crippen molar-refractivity contribution in [3.63, 3.8) is 0 Å². The molecule has 0 spiro atoms. The van der Waals surface area contributed by atoms with Crippen molar-refractivity contribution in [2.45, 2.75) is 33.1 Å². The number of nitrogens with one attached hydrogen (secondary N) is 2. The summed E-state index contributed by atoms with van der Waals surface area (Å²) in [5.74, 6) is -0.941. The van der Waals surface area contributed by atoms with Gasteiger partial charge in [-0.3, -0.25) is 4.79 Å². The van der Waals surface area contributed by atoms with Crippen molar-refractivity contribution in [3.05, 3.63) is 41.6 Å². The Kier molecular flexibility index (Phi) is 11.0. The number of carbonyl (C=O) groups is 2. The second kappa shape index (κ2) is 13.4. The van der Waals surface area contributed by atoms with Gasteiger partial charge in [0.05, 0.1) is 12.2 Å². The third-order valence-corrected chi connectivity index (χ3v) is 3.52. The summed E-state index contributed by atoms with van der Waals surface area (Å²) >= 11 is 0. The number of rotatable bonds is 12. The SMILES string of the molecule is CCCCOCCCN/C=C(/C#N)C(=O)Nc1ccc(C(=O)OCC)cc1. The number of ether oxygens (including phenoxy) is 2. The Hall–Kier alpha value is -2.85. The second-order valence-corrected chi connectivity index (χ2v) is 5.70. The smallest absolute Gasteiger partial charge is 0.338 e. The minimum absolute atomic E-state index is 0.0311. The van der Waals surface area contributed by atoms with Gasteiger partial charge in [-0.2, -0.15) is 5.26 Å². The standard InChI is InChI=1S/C20H27N3O4/c1-3-5-12-26-13-6-11-22-15-17(14-21)19(24)23-18-9-7-16(8-10-18)20(25)27-4-2/h7-10,15,22H,3-6,11-13H2,1-2H3,(H,23,24)/b17-15-. The highest BCUT2D eigenvalue weighted by Crippen LogP contribution is 2.11. The zero-order valence-electron chi connectivity index (χ0n) is 15.9. The van der Waals surface area contributed by atoms with Gasteiger partial charge in [0, 0.05) is 31.6 Å². The molecule has 7 heteroatoms. The minimum Gasteiger partial charge on any atom is -0.462 e. The van der Waals surface area contributed by atoms with E-state index in [0.29, 0.717) is 31.0 Å². The summed E-state index contributed by atoms with van der Waals surface area (Å²) in [7, 11) is 0. The number of nitriles is 1. The first kappa shape index (κ1) is 22.2. The van der Waals surface area contributed by atoms with Crippen LogP contribution in [0.4, 0.5) is 5.69 Å². The molecule has 0 heterocycles. The van der Waals surface area contributed by atoms with Gasteiger partial charge in [-0.05, 0) is 44.0 Å². The molecule has 146 valence electrons. The number of carbonyl (C=O) groups excluding carboxylic acids is 2. The number of hydrogen-bond acceptors (Lipinski definition) is 6. The van der Waals surface area contributed by atoms with Crippen molar-refractivity contribution in [2.75, 3.05) is 31.7 Å². The van der Waals surface area contributed by atoms with E-state index in [1.54, 1.807) is 31.2 Å². The quantitative estimate of drug-likeness (QED) is 0.253. The first-order valence-corrected chi connectivity index (χ1v) is 9.12. The maximum absolute atomic E-state index is 12.1. The van der Waals surface area contributed by atoms with Gasteiger partial charge in [0.2, 0.25) is 0 Å². The molecule has 0 saturated heterocycles. The second-order valence-electron chi connectivity index (χ2n) is 5.70. The van der Waals surface area contributed by atoms with Crippen LogP contribution < -0.4 is 10.6 Å². The van der Waals surface area contributed by atoms with Crippen LogP contribution in [-0.2, 0) is 14.3 Å². The van der Waals surface area contributed by atoms with Crippen molar-refractivity contribution >= 4 is 17.6 Å². The van der Waals surface area contributed by atoms with Crippen LogP contribution in [0.5, 0.6) is 0 Å². The minimum atomic E-state index is -0.520. The topological polar surface area (TPSA) is 100 Å². The molecule has 0 fully saturated rings. The molecule has 1 amide bonds. The summed E-state index contributed by atoms with van der Waals surface area (Å²) in [4.78, 5) is 23.7. The van der Waals surface area contributed by atoms with Gasteiger partial charge in [-0.15, -0.1) is 0 Å². The Bertz CT molecular complexity index is 663. The molecule has 0 atom stereocenters. The molecule has 0 bridgehead atoms. The predicted octanol–water partition coefficient (Wildman–Crippen LogP) is 3.01. The maximum Gasteiger partial charge on any atom is 0.338 e. The molecule has 0 aliphatic heterocycles. The molecule has 0 aliphatic carbocycles. The number of hydrogen-bond donors (Lipinski definition) is 2. The van der Waals surface area contributed by atoms with Crippen LogP contribution in [0.25, 0.3) is 0 Å². The highest BCUT2D eigenvalue weighted by atomic mass is 16.5. The van der Waals surface area contributed by atoms with E-state index in [0.717, 1.165) is 25.9 Å². The molecule has 7 nitrogen and oxygen atoms in total. The molecule has 0 aliphatic rings. The predicted molar refractivity (Wildman–Crippen MR) is 103 cm³/mol. The van der Waals surface area contributed by atoms with Crippen molar-refractivity contribution in [2.24, 2.45) is 0 Å². The van der Waals surface area contributed by atoms with Gasteiger partial charge in [0.1, 0.15) is 11.6 Å². The highest BCUT2D eigenvalue weighted by Gasteiger charge is 2.10. The van der Waals surface area contributed by atoms with Crippen molar-refractivity contribution in [3.8, 4) is 6.07 Å². The van der Waals surface area contributed by atoms with E-state index in [9.17, 15) is 9.59 Å². The largest absolute Gasteiger partial charge is 0.462 e. The lowest BCUT2D eigenvalue weighted by Crippen LogP contribution is -2.18. The van der Waals surface area contributed by atoms with Gasteiger partial charge < -0.3 is 20.1 Å². The summed E-state index contributed by atoms with van der Waals surface area (Å²) in [6, 6.07) is 8.15. The van der Waals surface area contributed by atoms with Gasteiger partial charge in [-0.25, -0.2) is 4.79 Å². The van der Waals surface area contributed by atoms with Crippen molar-refractivity contribution in [1.82, 2.24) is 5.32 Å². The summed E-state index contributed by atoms with van der Waals surface area (Å²) < 4.78 is 10.3. The summed E-state index contributed by atoms with van der Waals surface area (Å²) in [6.45, 7) is 6.15. The van der Waals surface area contributed by atoms with E-state index in [2.05, 4.69) is 17.6 Å². The van der Waals surface area contributed by atoms with Crippen LogP contribution in [0.3, 0.4) is 0 Å². The number of amides is 1. The number of esters is 1. The van der Waals surface area contributed by atoms with Crippen molar-refractivity contribution in [1.29, 1.82) is 5.26 Å². The van der Waals surface area contributed by atoms with Gasteiger partial charge in [-0.1, -0.05) is 13.3 Å². The lowest BCUT2D eigenvalue weighted by Gasteiger charge is -2.07. The molecular formula is C20H27N3O4. The average Bonchev–Trinajstić information content (AvgIpc) is 2.67. The van der Waals surface area contributed by atoms with Gasteiger partial charge in [0.25, 0.3) is 5.91 Å². The van der Waals surface area contributed by atoms with E-state index in [-0.39, 0.29) is 5.57 Å². The fourth-order valence-electron chi connectivity index (χ4n) is 2.05. The molecule has 0 unspecified atom stereocenters. The van der Waals surface area contributed by atoms with E-state index >= 15 is 0 Å². The van der Waals surface area contributed by atoms with Gasteiger partial charge >= 0.3 is 5.97 Å². The molecule has 1 aromatic carbocycles. The van der Waals surface area contributed by atoms with E-state index in [1.165, 1.54) is 6.20 Å². The highest BCUT2D eigenvalue weighted by molar-refractivity contribution is 6.06. The number of benzene rings is 1. The Labute approximate surface area is 160 Å². The number of nitrogens with zero attached hydrogens (tertiary/aromatic N) is 1. The lowest BCUT2D eigenvalue weighted by molar-refractivity contribution is -0.112. The summed E-state index contributed by atoms with van der Waals surface area (Å²) in [6.07, 6.45) is 4.34. The number of unbranched alkanes of at least 4 members (excludes halogenated alkanes) is 1. The van der Waals surface area contributed by atoms with Crippen LogP contribution in [0, 0.1) is 11.3 Å². The Morgan fingerprint density at radius 2 is 1.85 bits per heavy atom. The molecule has 0 saturated carbocycles.